The van der Waals surface area contributed by atoms with E-state index < -0.39 is 5.91 Å². The molecule has 0 fully saturated rings. The molecule has 148 valence electrons. The van der Waals surface area contributed by atoms with Gasteiger partial charge in [0.1, 0.15) is 11.5 Å². The van der Waals surface area contributed by atoms with Crippen molar-refractivity contribution >= 4 is 11.7 Å². The van der Waals surface area contributed by atoms with Gasteiger partial charge in [-0.25, -0.2) is 0 Å². The van der Waals surface area contributed by atoms with E-state index in [4.69, 9.17) is 10.5 Å². The summed E-state index contributed by atoms with van der Waals surface area (Å²) in [7, 11) is 0. The van der Waals surface area contributed by atoms with Crippen LogP contribution in [-0.2, 0) is 6.42 Å². The molecule has 0 aromatic carbocycles. The molecule has 0 atom stereocenters. The van der Waals surface area contributed by atoms with Crippen LogP contribution in [-0.4, -0.2) is 40.6 Å². The summed E-state index contributed by atoms with van der Waals surface area (Å²) in [6, 6.07) is 7.52. The topological polar surface area (TPSA) is 94.2 Å². The van der Waals surface area contributed by atoms with Gasteiger partial charge in [-0.1, -0.05) is 33.8 Å². The third-order valence-corrected chi connectivity index (χ3v) is 3.57. The monoisotopic (exact) mass is 373 g/mol. The van der Waals surface area contributed by atoms with Gasteiger partial charge in [-0.3, -0.25) is 9.78 Å². The number of nitrogens with zero attached hydrogens (tertiary/aromatic N) is 4. The highest BCUT2D eigenvalue weighted by Gasteiger charge is 2.14. The Morgan fingerprint density at radius 3 is 2.41 bits per heavy atom. The number of anilines is 1. The summed E-state index contributed by atoms with van der Waals surface area (Å²) in [5, 5.41) is 0. The average molecular weight is 374 g/mol. The second kappa shape index (κ2) is 12.6. The van der Waals surface area contributed by atoms with Crippen LogP contribution in [0.15, 0.2) is 30.5 Å². The van der Waals surface area contributed by atoms with Crippen molar-refractivity contribution in [3.63, 3.8) is 0 Å². The standard InChI is InChI=1S/C18H25N5O2.C2H6/c1-3-10-23(11-4-2)16-13-15(17(19)24)21-18(22-16)25-12-8-14-7-5-6-9-20-14;1-2/h5-7,9,13H,3-4,8,10-12H2,1-2H3,(H2,19,24);1-2H3. The minimum Gasteiger partial charge on any atom is -0.463 e. The number of carbonyl (C=O) groups is 1. The molecule has 2 heterocycles. The number of pyridine rings is 1. The van der Waals surface area contributed by atoms with Crippen molar-refractivity contribution < 1.29 is 9.53 Å². The lowest BCUT2D eigenvalue weighted by atomic mass is 10.3. The highest BCUT2D eigenvalue weighted by Crippen LogP contribution is 2.17. The lowest BCUT2D eigenvalue weighted by molar-refractivity contribution is 0.0994. The molecule has 2 aromatic rings. The van der Waals surface area contributed by atoms with E-state index in [2.05, 4.69) is 33.7 Å². The largest absolute Gasteiger partial charge is 0.463 e. The highest BCUT2D eigenvalue weighted by atomic mass is 16.5. The molecule has 0 saturated heterocycles. The number of aromatic nitrogens is 3. The first-order valence-electron chi connectivity index (χ1n) is 9.60. The number of rotatable bonds is 10. The molecule has 0 spiro atoms. The van der Waals surface area contributed by atoms with Gasteiger partial charge in [0.2, 0.25) is 0 Å². The number of nitrogens with two attached hydrogens (primary N) is 1. The van der Waals surface area contributed by atoms with E-state index in [1.54, 1.807) is 12.3 Å². The van der Waals surface area contributed by atoms with E-state index in [1.165, 1.54) is 0 Å². The number of ether oxygens (including phenoxy) is 1. The van der Waals surface area contributed by atoms with E-state index in [0.717, 1.165) is 31.6 Å². The maximum Gasteiger partial charge on any atom is 0.319 e. The Morgan fingerprint density at radius 1 is 1.15 bits per heavy atom. The molecule has 0 saturated carbocycles. The maximum atomic E-state index is 11.6. The van der Waals surface area contributed by atoms with Crippen LogP contribution in [0.5, 0.6) is 6.01 Å². The first-order valence-corrected chi connectivity index (χ1v) is 9.60. The van der Waals surface area contributed by atoms with Gasteiger partial charge in [-0.05, 0) is 25.0 Å². The van der Waals surface area contributed by atoms with E-state index in [-0.39, 0.29) is 11.7 Å². The molecule has 1 amide bonds. The molecule has 0 bridgehead atoms. The minimum absolute atomic E-state index is 0.162. The molecule has 7 nitrogen and oxygen atoms in total. The summed E-state index contributed by atoms with van der Waals surface area (Å²) in [6.07, 6.45) is 4.33. The number of primary amides is 1. The van der Waals surface area contributed by atoms with Crippen molar-refractivity contribution in [2.75, 3.05) is 24.6 Å². The Hall–Kier alpha value is -2.70. The second-order valence-corrected chi connectivity index (χ2v) is 5.66. The zero-order valence-corrected chi connectivity index (χ0v) is 16.8. The fraction of sp³-hybridized carbons (Fsp3) is 0.500. The molecule has 0 aliphatic heterocycles. The number of hydrogen-bond donors (Lipinski definition) is 1. The van der Waals surface area contributed by atoms with Gasteiger partial charge in [-0.2, -0.15) is 9.97 Å². The van der Waals surface area contributed by atoms with Crippen LogP contribution in [0.4, 0.5) is 5.82 Å². The Kier molecular flexibility index (Phi) is 10.4. The SMILES string of the molecule is CC.CCCN(CCC)c1cc(C(N)=O)nc(OCCc2ccccn2)n1. The third-order valence-electron chi connectivity index (χ3n) is 3.57. The fourth-order valence-corrected chi connectivity index (χ4v) is 2.44. The normalized spacial score (nSPS) is 9.93. The van der Waals surface area contributed by atoms with Crippen LogP contribution < -0.4 is 15.4 Å². The predicted molar refractivity (Wildman–Crippen MR) is 108 cm³/mol. The zero-order chi connectivity index (χ0) is 20.1. The molecular formula is C20H31N5O2. The van der Waals surface area contributed by atoms with Crippen molar-refractivity contribution in [3.8, 4) is 6.01 Å². The summed E-state index contributed by atoms with van der Waals surface area (Å²) in [6.45, 7) is 10.3. The van der Waals surface area contributed by atoms with E-state index in [0.29, 0.717) is 18.8 Å². The fourth-order valence-electron chi connectivity index (χ4n) is 2.44. The number of amides is 1. The highest BCUT2D eigenvalue weighted by molar-refractivity contribution is 5.91. The first-order chi connectivity index (χ1) is 13.1. The Balaban J connectivity index is 0.00000176. The summed E-state index contributed by atoms with van der Waals surface area (Å²) in [5.74, 6) is 0.0755. The van der Waals surface area contributed by atoms with Gasteiger partial charge in [-0.15, -0.1) is 0 Å². The Bertz CT molecular complexity index is 673. The van der Waals surface area contributed by atoms with Gasteiger partial charge >= 0.3 is 6.01 Å². The van der Waals surface area contributed by atoms with Crippen LogP contribution in [0.1, 0.15) is 56.7 Å². The second-order valence-electron chi connectivity index (χ2n) is 5.66. The predicted octanol–water partition coefficient (Wildman–Crippen LogP) is 3.24. The average Bonchev–Trinajstić information content (AvgIpc) is 2.70. The quantitative estimate of drug-likeness (QED) is 0.687. The number of hydrogen-bond acceptors (Lipinski definition) is 6. The van der Waals surface area contributed by atoms with Gasteiger partial charge < -0.3 is 15.4 Å². The van der Waals surface area contributed by atoms with Gasteiger partial charge in [0.05, 0.1) is 6.61 Å². The molecule has 0 radical (unpaired) electrons. The smallest absolute Gasteiger partial charge is 0.319 e. The third kappa shape index (κ3) is 7.60. The van der Waals surface area contributed by atoms with Crippen molar-refractivity contribution in [2.24, 2.45) is 5.73 Å². The summed E-state index contributed by atoms with van der Waals surface area (Å²) in [5.41, 5.74) is 6.49. The first kappa shape index (κ1) is 22.3. The van der Waals surface area contributed by atoms with Gasteiger partial charge in [0.25, 0.3) is 5.91 Å². The van der Waals surface area contributed by atoms with Crippen LogP contribution in [0.25, 0.3) is 0 Å². The zero-order valence-electron chi connectivity index (χ0n) is 16.8. The van der Waals surface area contributed by atoms with Crippen LogP contribution in [0, 0.1) is 0 Å². The molecule has 0 unspecified atom stereocenters. The lowest BCUT2D eigenvalue weighted by Crippen LogP contribution is -2.27. The number of carbonyl (C=O) groups excluding carboxylic acids is 1. The van der Waals surface area contributed by atoms with E-state index in [9.17, 15) is 4.79 Å². The molecule has 2 aromatic heterocycles. The van der Waals surface area contributed by atoms with E-state index >= 15 is 0 Å². The van der Waals surface area contributed by atoms with Crippen LogP contribution in [0.2, 0.25) is 0 Å². The van der Waals surface area contributed by atoms with Crippen LogP contribution >= 0.6 is 0 Å². The summed E-state index contributed by atoms with van der Waals surface area (Å²) >= 11 is 0. The van der Waals surface area contributed by atoms with Crippen molar-refractivity contribution in [3.05, 3.63) is 41.9 Å². The molecule has 0 aliphatic rings. The van der Waals surface area contributed by atoms with Crippen molar-refractivity contribution in [1.82, 2.24) is 15.0 Å². The van der Waals surface area contributed by atoms with Crippen molar-refractivity contribution in [1.29, 1.82) is 0 Å². The molecule has 0 aliphatic carbocycles. The lowest BCUT2D eigenvalue weighted by Gasteiger charge is -2.23. The summed E-state index contributed by atoms with van der Waals surface area (Å²) in [4.78, 5) is 26.5. The van der Waals surface area contributed by atoms with Gasteiger partial charge in [0, 0.05) is 37.5 Å². The molecule has 27 heavy (non-hydrogen) atoms. The molecule has 7 heteroatoms. The van der Waals surface area contributed by atoms with Crippen LogP contribution in [0.3, 0.4) is 0 Å². The Morgan fingerprint density at radius 2 is 1.85 bits per heavy atom. The van der Waals surface area contributed by atoms with Gasteiger partial charge in [0.15, 0.2) is 0 Å². The Labute approximate surface area is 162 Å². The molecule has 2 N–H and O–H groups in total. The minimum atomic E-state index is -0.592. The molecule has 2 rings (SSSR count). The van der Waals surface area contributed by atoms with E-state index in [1.807, 2.05) is 32.0 Å². The molecular weight excluding hydrogens is 342 g/mol. The summed E-state index contributed by atoms with van der Waals surface area (Å²) < 4.78 is 5.65. The van der Waals surface area contributed by atoms with Crippen molar-refractivity contribution in [2.45, 2.75) is 47.0 Å². The maximum absolute atomic E-state index is 11.6.